The lowest BCUT2D eigenvalue weighted by Gasteiger charge is -2.30. The number of aromatic nitrogens is 1. The Balaban J connectivity index is 1.56. The highest BCUT2D eigenvalue weighted by atomic mass is 35.5. The fraction of sp³-hybridized carbons (Fsp3) is 0.393. The molecular weight excluding hydrogens is 524 g/mol. The second kappa shape index (κ2) is 12.2. The third-order valence-corrected chi connectivity index (χ3v) is 8.14. The smallest absolute Gasteiger partial charge is 0.260 e. The van der Waals surface area contributed by atoms with Crippen molar-refractivity contribution >= 4 is 33.2 Å². The van der Waals surface area contributed by atoms with Gasteiger partial charge in [-0.25, -0.2) is 8.42 Å². The number of rotatable bonds is 6. The molecule has 10 heteroatoms. The zero-order valence-corrected chi connectivity index (χ0v) is 23.7. The van der Waals surface area contributed by atoms with Gasteiger partial charge < -0.3 is 14.2 Å². The first-order valence-corrected chi connectivity index (χ1v) is 15.0. The molecule has 1 aromatic heterocycles. The zero-order chi connectivity index (χ0) is 27.3. The van der Waals surface area contributed by atoms with Crippen molar-refractivity contribution in [1.29, 1.82) is 0 Å². The Morgan fingerprint density at radius 1 is 1.00 bits per heavy atom. The first-order chi connectivity index (χ1) is 18.1. The highest BCUT2D eigenvalue weighted by molar-refractivity contribution is 7.92. The molecule has 0 spiro atoms. The van der Waals surface area contributed by atoms with Crippen molar-refractivity contribution < 1.29 is 17.9 Å². The SMILES string of the molecule is CC(C)N1CCCN(S(C)(=O)=O)c2cc(Cl)ccc2CN(C(=O)COc2ccc(-n3cccc3)cc2)CC1. The van der Waals surface area contributed by atoms with E-state index in [1.807, 2.05) is 53.4 Å². The van der Waals surface area contributed by atoms with Gasteiger partial charge >= 0.3 is 0 Å². The molecule has 0 bridgehead atoms. The number of hydrogen-bond acceptors (Lipinski definition) is 5. The molecule has 0 N–H and O–H groups in total. The van der Waals surface area contributed by atoms with E-state index in [1.54, 1.807) is 23.1 Å². The molecule has 0 saturated carbocycles. The lowest BCUT2D eigenvalue weighted by molar-refractivity contribution is -0.134. The first kappa shape index (κ1) is 28.0. The monoisotopic (exact) mass is 558 g/mol. The molecule has 2 heterocycles. The van der Waals surface area contributed by atoms with Gasteiger partial charge in [0.25, 0.3) is 5.91 Å². The van der Waals surface area contributed by atoms with Gasteiger partial charge in [-0.3, -0.25) is 14.0 Å². The molecule has 1 amide bonds. The van der Waals surface area contributed by atoms with Crippen molar-refractivity contribution in [3.63, 3.8) is 0 Å². The topological polar surface area (TPSA) is 75.1 Å². The van der Waals surface area contributed by atoms with E-state index in [9.17, 15) is 13.2 Å². The van der Waals surface area contributed by atoms with Crippen LogP contribution in [0.2, 0.25) is 5.02 Å². The summed E-state index contributed by atoms with van der Waals surface area (Å²) in [5.41, 5.74) is 2.24. The first-order valence-electron chi connectivity index (χ1n) is 12.8. The number of hydrogen-bond donors (Lipinski definition) is 0. The van der Waals surface area contributed by atoms with E-state index in [2.05, 4.69) is 18.7 Å². The minimum absolute atomic E-state index is 0.122. The van der Waals surface area contributed by atoms with Gasteiger partial charge in [0.1, 0.15) is 5.75 Å². The zero-order valence-electron chi connectivity index (χ0n) is 22.1. The predicted octanol–water partition coefficient (Wildman–Crippen LogP) is 4.42. The maximum atomic E-state index is 13.4. The normalized spacial score (nSPS) is 15.7. The molecule has 4 rings (SSSR count). The summed E-state index contributed by atoms with van der Waals surface area (Å²) in [6, 6.07) is 16.9. The number of ether oxygens (including phenoxy) is 1. The van der Waals surface area contributed by atoms with Crippen molar-refractivity contribution in [2.45, 2.75) is 32.9 Å². The average molecular weight is 559 g/mol. The third-order valence-electron chi connectivity index (χ3n) is 6.73. The van der Waals surface area contributed by atoms with Gasteiger partial charge in [-0.1, -0.05) is 17.7 Å². The Morgan fingerprint density at radius 2 is 1.71 bits per heavy atom. The van der Waals surface area contributed by atoms with E-state index in [0.29, 0.717) is 49.1 Å². The average Bonchev–Trinajstić information content (AvgIpc) is 3.40. The number of anilines is 1. The van der Waals surface area contributed by atoms with Gasteiger partial charge in [0.05, 0.1) is 11.9 Å². The molecule has 0 radical (unpaired) electrons. The minimum Gasteiger partial charge on any atom is -0.484 e. The number of fused-ring (bicyclic) bond motifs is 1. The molecular formula is C28H35ClN4O4S. The highest BCUT2D eigenvalue weighted by Gasteiger charge is 2.25. The van der Waals surface area contributed by atoms with Gasteiger partial charge in [-0.15, -0.1) is 0 Å². The van der Waals surface area contributed by atoms with E-state index in [-0.39, 0.29) is 25.1 Å². The summed E-state index contributed by atoms with van der Waals surface area (Å²) in [5.74, 6) is 0.431. The van der Waals surface area contributed by atoms with E-state index < -0.39 is 10.0 Å². The molecule has 38 heavy (non-hydrogen) atoms. The van der Waals surface area contributed by atoms with Gasteiger partial charge in [-0.05, 0) is 74.4 Å². The number of carbonyl (C=O) groups excluding carboxylic acids is 1. The molecule has 0 atom stereocenters. The summed E-state index contributed by atoms with van der Waals surface area (Å²) in [5, 5.41) is 0.445. The molecule has 204 valence electrons. The van der Waals surface area contributed by atoms with Gasteiger partial charge in [-0.2, -0.15) is 0 Å². The van der Waals surface area contributed by atoms with Crippen molar-refractivity contribution in [1.82, 2.24) is 14.4 Å². The molecule has 0 saturated heterocycles. The van der Waals surface area contributed by atoms with Crippen molar-refractivity contribution in [2.75, 3.05) is 43.3 Å². The summed E-state index contributed by atoms with van der Waals surface area (Å²) in [7, 11) is -3.55. The van der Waals surface area contributed by atoms with Gasteiger partial charge in [0.2, 0.25) is 10.0 Å². The number of nitrogens with zero attached hydrogens (tertiary/aromatic N) is 4. The second-order valence-corrected chi connectivity index (χ2v) is 12.1. The van der Waals surface area contributed by atoms with Crippen LogP contribution < -0.4 is 9.04 Å². The third kappa shape index (κ3) is 7.09. The highest BCUT2D eigenvalue weighted by Crippen LogP contribution is 2.29. The van der Waals surface area contributed by atoms with Crippen LogP contribution >= 0.6 is 11.6 Å². The van der Waals surface area contributed by atoms with E-state index >= 15 is 0 Å². The lowest BCUT2D eigenvalue weighted by atomic mass is 10.1. The molecule has 2 aromatic carbocycles. The number of sulfonamides is 1. The van der Waals surface area contributed by atoms with Gasteiger partial charge in [0, 0.05) is 61.9 Å². The molecule has 0 fully saturated rings. The van der Waals surface area contributed by atoms with E-state index in [1.165, 1.54) is 10.6 Å². The van der Waals surface area contributed by atoms with Crippen LogP contribution in [0.4, 0.5) is 5.69 Å². The molecule has 0 unspecified atom stereocenters. The summed E-state index contributed by atoms with van der Waals surface area (Å²) < 4.78 is 34.8. The largest absolute Gasteiger partial charge is 0.484 e. The van der Waals surface area contributed by atoms with E-state index in [4.69, 9.17) is 16.3 Å². The standard InChI is InChI=1S/C28H35ClN4O4S/c1-22(2)30-15-6-16-33(38(3,35)36)27-19-24(29)8-7-23(27)20-32(18-17-30)28(34)21-37-26-11-9-25(10-12-26)31-13-4-5-14-31/h4-5,7-14,19,22H,6,15-18,20-21H2,1-3H3. The summed E-state index contributed by atoms with van der Waals surface area (Å²) in [6.45, 7) is 6.56. The van der Waals surface area contributed by atoms with Crippen LogP contribution in [0.25, 0.3) is 5.69 Å². The fourth-order valence-electron chi connectivity index (χ4n) is 4.62. The van der Waals surface area contributed by atoms with Gasteiger partial charge in [0.15, 0.2) is 6.61 Å². The fourth-order valence-corrected chi connectivity index (χ4v) is 5.77. The molecule has 1 aliphatic heterocycles. The number of halogens is 1. The Morgan fingerprint density at radius 3 is 2.37 bits per heavy atom. The number of carbonyl (C=O) groups is 1. The van der Waals surface area contributed by atoms with Crippen LogP contribution in [0.1, 0.15) is 25.8 Å². The Hall–Kier alpha value is -3.01. The Labute approximate surface area is 230 Å². The van der Waals surface area contributed by atoms with E-state index in [0.717, 1.165) is 11.3 Å². The van der Waals surface area contributed by atoms with Crippen LogP contribution in [0.5, 0.6) is 5.75 Å². The van der Waals surface area contributed by atoms with Crippen LogP contribution in [0.3, 0.4) is 0 Å². The predicted molar refractivity (Wildman–Crippen MR) is 152 cm³/mol. The van der Waals surface area contributed by atoms with Crippen molar-refractivity contribution in [3.05, 3.63) is 77.6 Å². The van der Waals surface area contributed by atoms with Crippen molar-refractivity contribution in [2.24, 2.45) is 0 Å². The molecule has 0 aliphatic carbocycles. The Kier molecular flexibility index (Phi) is 9.02. The van der Waals surface area contributed by atoms with Crippen LogP contribution in [-0.4, -0.2) is 73.8 Å². The minimum atomic E-state index is -3.55. The van der Waals surface area contributed by atoms with Crippen LogP contribution in [0.15, 0.2) is 67.0 Å². The number of benzene rings is 2. The van der Waals surface area contributed by atoms with Crippen LogP contribution in [0, 0.1) is 0 Å². The molecule has 1 aliphatic rings. The summed E-state index contributed by atoms with van der Waals surface area (Å²) in [6.07, 6.45) is 5.79. The summed E-state index contributed by atoms with van der Waals surface area (Å²) >= 11 is 6.28. The second-order valence-electron chi connectivity index (χ2n) is 9.78. The lowest BCUT2D eigenvalue weighted by Crippen LogP contribution is -2.42. The quantitative estimate of drug-likeness (QED) is 0.448. The van der Waals surface area contributed by atoms with Crippen molar-refractivity contribution in [3.8, 4) is 11.4 Å². The number of amides is 1. The molecule has 3 aromatic rings. The molecule has 8 nitrogen and oxygen atoms in total. The summed E-state index contributed by atoms with van der Waals surface area (Å²) in [4.78, 5) is 17.4. The maximum absolute atomic E-state index is 13.4. The Bertz CT molecular complexity index is 1330. The maximum Gasteiger partial charge on any atom is 0.260 e. The van der Waals surface area contributed by atoms with Crippen LogP contribution in [-0.2, 0) is 21.4 Å².